The Bertz CT molecular complexity index is 1030. The van der Waals surface area contributed by atoms with Gasteiger partial charge in [0.1, 0.15) is 22.5 Å². The minimum Gasteiger partial charge on any atom is -0.505 e. The summed E-state index contributed by atoms with van der Waals surface area (Å²) < 4.78 is 0. The number of fused-ring (bicyclic) bond motifs is 1. The Balaban J connectivity index is 1.80. The number of halogens is 1. The van der Waals surface area contributed by atoms with E-state index in [4.69, 9.17) is 16.7 Å². The van der Waals surface area contributed by atoms with Crippen LogP contribution in [0.5, 0.6) is 5.75 Å². The number of carboxylic acid groups (broad SMARTS) is 1. The number of rotatable bonds is 5. The fourth-order valence-electron chi connectivity index (χ4n) is 3.97. The topological polar surface area (TPSA) is 88.2 Å². The highest BCUT2D eigenvalue weighted by atomic mass is 35.5. The molecular weight excluding hydrogens is 378 g/mol. The molecule has 0 unspecified atom stereocenters. The van der Waals surface area contributed by atoms with Crippen LogP contribution in [-0.2, 0) is 11.2 Å². The summed E-state index contributed by atoms with van der Waals surface area (Å²) >= 11 is 6.05. The van der Waals surface area contributed by atoms with E-state index in [1.54, 1.807) is 24.3 Å². The van der Waals surface area contributed by atoms with Gasteiger partial charge in [-0.05, 0) is 60.6 Å². The Morgan fingerprint density at radius 3 is 2.61 bits per heavy atom. The molecule has 0 amide bonds. The van der Waals surface area contributed by atoms with Gasteiger partial charge in [-0.3, -0.25) is 4.79 Å². The summed E-state index contributed by atoms with van der Waals surface area (Å²) in [6.07, 6.45) is 5.99. The number of aromatic nitrogens is 3. The van der Waals surface area contributed by atoms with Crippen LogP contribution < -0.4 is 0 Å². The maximum Gasteiger partial charge on any atom is 0.303 e. The predicted octanol–water partition coefficient (Wildman–Crippen LogP) is 4.84. The average molecular weight is 400 g/mol. The molecule has 146 valence electrons. The monoisotopic (exact) mass is 399 g/mol. The van der Waals surface area contributed by atoms with E-state index in [1.165, 1.54) is 11.2 Å². The van der Waals surface area contributed by atoms with Crippen LogP contribution in [0.2, 0.25) is 5.02 Å². The van der Waals surface area contributed by atoms with Crippen molar-refractivity contribution in [2.24, 2.45) is 0 Å². The molecule has 2 N–H and O–H groups in total. The van der Waals surface area contributed by atoms with Gasteiger partial charge in [0.15, 0.2) is 0 Å². The number of phenols is 1. The van der Waals surface area contributed by atoms with Gasteiger partial charge in [-0.1, -0.05) is 36.9 Å². The molecule has 1 fully saturated rings. The Hall–Kier alpha value is -2.60. The van der Waals surface area contributed by atoms with E-state index in [0.717, 1.165) is 36.8 Å². The molecule has 0 aliphatic heterocycles. The third-order valence-corrected chi connectivity index (χ3v) is 5.64. The number of phenolic OH excluding ortho intramolecular Hbond substituents is 1. The van der Waals surface area contributed by atoms with Crippen molar-refractivity contribution in [2.75, 3.05) is 0 Å². The van der Waals surface area contributed by atoms with Gasteiger partial charge < -0.3 is 10.2 Å². The molecule has 1 aliphatic carbocycles. The standard InChI is InChI=1S/C21H22ClN3O3/c22-15-7-8-17-18(12-15)24-25(23-17)19-11-13(6-9-20(26)27)10-16(21(19)28)14-4-2-1-3-5-14/h7-8,10-12,14,28H,1-6,9H2,(H,26,27). The summed E-state index contributed by atoms with van der Waals surface area (Å²) in [5.41, 5.74) is 3.55. The number of aromatic hydroxyl groups is 1. The van der Waals surface area contributed by atoms with Crippen LogP contribution in [0.25, 0.3) is 16.7 Å². The number of carboxylic acids is 1. The summed E-state index contributed by atoms with van der Waals surface area (Å²) in [5.74, 6) is -0.388. The zero-order chi connectivity index (χ0) is 19.7. The predicted molar refractivity (Wildman–Crippen MR) is 107 cm³/mol. The maximum atomic E-state index is 11.0. The summed E-state index contributed by atoms with van der Waals surface area (Å²) in [7, 11) is 0. The van der Waals surface area contributed by atoms with Crippen LogP contribution in [0.1, 0.15) is 55.6 Å². The Morgan fingerprint density at radius 2 is 1.86 bits per heavy atom. The fraction of sp³-hybridized carbons (Fsp3) is 0.381. The molecule has 4 rings (SSSR count). The van der Waals surface area contributed by atoms with E-state index in [1.807, 2.05) is 6.07 Å². The zero-order valence-corrected chi connectivity index (χ0v) is 16.2. The molecule has 1 aliphatic rings. The van der Waals surface area contributed by atoms with Crippen molar-refractivity contribution in [1.29, 1.82) is 0 Å². The number of hydrogen-bond donors (Lipinski definition) is 2. The smallest absolute Gasteiger partial charge is 0.303 e. The number of nitrogens with zero attached hydrogens (tertiary/aromatic N) is 3. The first-order valence-corrected chi connectivity index (χ1v) is 9.99. The van der Waals surface area contributed by atoms with Crippen molar-refractivity contribution in [1.82, 2.24) is 15.0 Å². The number of aryl methyl sites for hydroxylation is 1. The molecule has 1 saturated carbocycles. The van der Waals surface area contributed by atoms with Crippen molar-refractivity contribution in [3.63, 3.8) is 0 Å². The first kappa shape index (κ1) is 18.7. The highest BCUT2D eigenvalue weighted by molar-refractivity contribution is 6.31. The van der Waals surface area contributed by atoms with Gasteiger partial charge in [0.05, 0.1) is 0 Å². The van der Waals surface area contributed by atoms with E-state index in [0.29, 0.717) is 28.2 Å². The molecule has 3 aromatic rings. The van der Waals surface area contributed by atoms with Crippen molar-refractivity contribution >= 4 is 28.6 Å². The number of aliphatic carboxylic acids is 1. The van der Waals surface area contributed by atoms with E-state index < -0.39 is 5.97 Å². The van der Waals surface area contributed by atoms with Crippen LogP contribution in [0.4, 0.5) is 0 Å². The van der Waals surface area contributed by atoms with Crippen LogP contribution in [0.3, 0.4) is 0 Å². The average Bonchev–Trinajstić information content (AvgIpc) is 3.10. The van der Waals surface area contributed by atoms with E-state index in [-0.39, 0.29) is 18.1 Å². The van der Waals surface area contributed by atoms with Gasteiger partial charge in [-0.15, -0.1) is 15.0 Å². The maximum absolute atomic E-state index is 11.0. The van der Waals surface area contributed by atoms with Gasteiger partial charge in [0.25, 0.3) is 0 Å². The molecule has 0 saturated heterocycles. The SMILES string of the molecule is O=C(O)CCc1cc(C2CCCCC2)c(O)c(-n2nc3ccc(Cl)cc3n2)c1. The minimum atomic E-state index is -0.841. The Morgan fingerprint density at radius 1 is 1.11 bits per heavy atom. The van der Waals surface area contributed by atoms with Crippen LogP contribution in [0.15, 0.2) is 30.3 Å². The highest BCUT2D eigenvalue weighted by Crippen LogP contribution is 2.40. The van der Waals surface area contributed by atoms with Crippen LogP contribution in [0, 0.1) is 0 Å². The third-order valence-electron chi connectivity index (χ3n) is 5.41. The lowest BCUT2D eigenvalue weighted by atomic mass is 9.82. The normalized spacial score (nSPS) is 15.2. The lowest BCUT2D eigenvalue weighted by molar-refractivity contribution is -0.136. The molecule has 1 heterocycles. The first-order chi connectivity index (χ1) is 13.5. The van der Waals surface area contributed by atoms with Gasteiger partial charge >= 0.3 is 5.97 Å². The molecule has 0 radical (unpaired) electrons. The van der Waals surface area contributed by atoms with Crippen molar-refractivity contribution in [3.05, 3.63) is 46.5 Å². The van der Waals surface area contributed by atoms with Gasteiger partial charge in [0.2, 0.25) is 0 Å². The van der Waals surface area contributed by atoms with E-state index >= 15 is 0 Å². The molecule has 0 atom stereocenters. The molecular formula is C21H22ClN3O3. The van der Waals surface area contributed by atoms with Crippen LogP contribution in [-0.4, -0.2) is 31.2 Å². The summed E-state index contributed by atoms with van der Waals surface area (Å²) in [5, 5.41) is 29.6. The van der Waals surface area contributed by atoms with E-state index in [9.17, 15) is 9.90 Å². The third kappa shape index (κ3) is 3.83. The second-order valence-electron chi connectivity index (χ2n) is 7.40. The quantitative estimate of drug-likeness (QED) is 0.640. The number of benzene rings is 2. The largest absolute Gasteiger partial charge is 0.505 e. The molecule has 6 nitrogen and oxygen atoms in total. The second-order valence-corrected chi connectivity index (χ2v) is 7.84. The highest BCUT2D eigenvalue weighted by Gasteiger charge is 2.23. The molecule has 28 heavy (non-hydrogen) atoms. The Labute approximate surface area is 167 Å². The fourth-order valence-corrected chi connectivity index (χ4v) is 4.14. The van der Waals surface area contributed by atoms with Gasteiger partial charge in [0, 0.05) is 11.4 Å². The molecule has 0 bridgehead atoms. The van der Waals surface area contributed by atoms with Crippen molar-refractivity contribution < 1.29 is 15.0 Å². The van der Waals surface area contributed by atoms with E-state index in [2.05, 4.69) is 10.2 Å². The van der Waals surface area contributed by atoms with Crippen molar-refractivity contribution in [3.8, 4) is 11.4 Å². The minimum absolute atomic E-state index is 0.0401. The summed E-state index contributed by atoms with van der Waals surface area (Å²) in [6, 6.07) is 9.00. The van der Waals surface area contributed by atoms with Gasteiger partial charge in [-0.25, -0.2) is 0 Å². The lowest BCUT2D eigenvalue weighted by Gasteiger charge is -2.24. The van der Waals surface area contributed by atoms with Crippen LogP contribution >= 0.6 is 11.6 Å². The second kappa shape index (κ2) is 7.80. The summed E-state index contributed by atoms with van der Waals surface area (Å²) in [4.78, 5) is 12.5. The number of carbonyl (C=O) groups is 1. The molecule has 7 heteroatoms. The Kier molecular flexibility index (Phi) is 5.22. The van der Waals surface area contributed by atoms with Gasteiger partial charge in [-0.2, -0.15) is 0 Å². The molecule has 2 aromatic carbocycles. The first-order valence-electron chi connectivity index (χ1n) is 9.62. The number of hydrogen-bond acceptors (Lipinski definition) is 4. The van der Waals surface area contributed by atoms with Crippen molar-refractivity contribution in [2.45, 2.75) is 50.9 Å². The molecule has 0 spiro atoms. The molecule has 1 aromatic heterocycles. The summed E-state index contributed by atoms with van der Waals surface area (Å²) in [6.45, 7) is 0. The lowest BCUT2D eigenvalue weighted by Crippen LogP contribution is -2.09. The zero-order valence-electron chi connectivity index (χ0n) is 15.4.